The summed E-state index contributed by atoms with van der Waals surface area (Å²) in [6, 6.07) is 8.14. The van der Waals surface area contributed by atoms with Gasteiger partial charge in [-0.05, 0) is 32.4 Å². The summed E-state index contributed by atoms with van der Waals surface area (Å²) in [6.07, 6.45) is 4.93. The Morgan fingerprint density at radius 1 is 1.29 bits per heavy atom. The first-order valence-electron chi connectivity index (χ1n) is 7.90. The first kappa shape index (κ1) is 15.8. The number of carbonyl (C=O) groups excluding carboxylic acids is 1. The van der Waals surface area contributed by atoms with Gasteiger partial charge in [0.1, 0.15) is 11.8 Å². The fraction of sp³-hybridized carbons (Fsp3) is 0.500. The van der Waals surface area contributed by atoms with Gasteiger partial charge in [-0.2, -0.15) is 0 Å². The second-order valence-electron chi connectivity index (χ2n) is 5.65. The smallest absolute Gasteiger partial charge is 0.180 e. The zero-order valence-electron chi connectivity index (χ0n) is 13.3. The number of unbranched alkanes of at least 4 members (excludes halogenated alkanes) is 1. The third kappa shape index (κ3) is 3.73. The Labute approximate surface area is 126 Å². The van der Waals surface area contributed by atoms with Crippen LogP contribution in [0.5, 0.6) is 0 Å². The summed E-state index contributed by atoms with van der Waals surface area (Å²) < 4.78 is 5.48. The summed E-state index contributed by atoms with van der Waals surface area (Å²) in [5, 5.41) is 0.919. The van der Waals surface area contributed by atoms with Crippen molar-refractivity contribution < 1.29 is 9.21 Å². The van der Waals surface area contributed by atoms with Crippen LogP contribution in [0.4, 0.5) is 0 Å². The Hall–Kier alpha value is -1.61. The highest BCUT2D eigenvalue weighted by Gasteiger charge is 2.19. The molecule has 0 amide bonds. The molecule has 0 saturated carbocycles. The lowest BCUT2D eigenvalue weighted by atomic mass is 10.1. The molecular weight excluding hydrogens is 262 g/mol. The molecule has 1 aromatic heterocycles. The summed E-state index contributed by atoms with van der Waals surface area (Å²) in [6.45, 7) is 7.99. The number of para-hydroxylation sites is 1. The molecule has 0 aliphatic carbocycles. The van der Waals surface area contributed by atoms with Gasteiger partial charge in [0.05, 0.1) is 12.1 Å². The van der Waals surface area contributed by atoms with Crippen molar-refractivity contribution in [3.8, 4) is 0 Å². The van der Waals surface area contributed by atoms with E-state index in [4.69, 9.17) is 4.42 Å². The van der Waals surface area contributed by atoms with E-state index in [0.29, 0.717) is 18.2 Å². The number of fused-ring (bicyclic) bond motifs is 1. The van der Waals surface area contributed by atoms with Crippen molar-refractivity contribution in [2.75, 3.05) is 13.1 Å². The van der Waals surface area contributed by atoms with E-state index < -0.39 is 0 Å². The summed E-state index contributed by atoms with van der Waals surface area (Å²) in [4.78, 5) is 14.9. The van der Waals surface area contributed by atoms with Crippen molar-refractivity contribution in [1.29, 1.82) is 0 Å². The quantitative estimate of drug-likeness (QED) is 0.669. The first-order valence-corrected chi connectivity index (χ1v) is 7.90. The standard InChI is InChI=1S/C18H25NO2/c1-4-6-11-19(14(3)5-2)12-17(20)16-13-21-18-10-8-7-9-15(16)18/h7-10,13-14H,4-6,11-12H2,1-3H3. The lowest BCUT2D eigenvalue weighted by molar-refractivity contribution is 0.0895. The van der Waals surface area contributed by atoms with E-state index in [1.54, 1.807) is 6.26 Å². The highest BCUT2D eigenvalue weighted by atomic mass is 16.3. The minimum Gasteiger partial charge on any atom is -0.464 e. The molecular formula is C18H25NO2. The van der Waals surface area contributed by atoms with Gasteiger partial charge in [-0.25, -0.2) is 0 Å². The molecule has 0 aliphatic heterocycles. The highest BCUT2D eigenvalue weighted by Crippen LogP contribution is 2.21. The summed E-state index contributed by atoms with van der Waals surface area (Å²) in [7, 11) is 0. The number of nitrogens with zero attached hydrogens (tertiary/aromatic N) is 1. The van der Waals surface area contributed by atoms with Crippen LogP contribution in [0.2, 0.25) is 0 Å². The molecule has 0 bridgehead atoms. The number of benzene rings is 1. The van der Waals surface area contributed by atoms with E-state index in [1.165, 1.54) is 0 Å². The van der Waals surface area contributed by atoms with E-state index >= 15 is 0 Å². The third-order valence-electron chi connectivity index (χ3n) is 4.14. The van der Waals surface area contributed by atoms with Gasteiger partial charge in [-0.1, -0.05) is 38.5 Å². The van der Waals surface area contributed by atoms with Gasteiger partial charge in [0, 0.05) is 11.4 Å². The molecule has 2 rings (SSSR count). The second-order valence-corrected chi connectivity index (χ2v) is 5.65. The number of Topliss-reactive ketones (excluding diaryl/α,β-unsaturated/α-hetero) is 1. The molecule has 1 aromatic carbocycles. The van der Waals surface area contributed by atoms with Gasteiger partial charge in [-0.15, -0.1) is 0 Å². The summed E-state index contributed by atoms with van der Waals surface area (Å²) in [5.74, 6) is 0.149. The van der Waals surface area contributed by atoms with Crippen LogP contribution in [-0.4, -0.2) is 29.8 Å². The minimum atomic E-state index is 0.149. The van der Waals surface area contributed by atoms with Crippen molar-refractivity contribution >= 4 is 16.8 Å². The van der Waals surface area contributed by atoms with Gasteiger partial charge in [0.15, 0.2) is 5.78 Å². The molecule has 0 fully saturated rings. The van der Waals surface area contributed by atoms with E-state index in [2.05, 4.69) is 25.7 Å². The molecule has 1 heterocycles. The molecule has 0 spiro atoms. The van der Waals surface area contributed by atoms with E-state index in [-0.39, 0.29) is 5.78 Å². The lowest BCUT2D eigenvalue weighted by Crippen LogP contribution is -2.37. The SMILES string of the molecule is CCCCN(CC(=O)c1coc2ccccc12)C(C)CC. The van der Waals surface area contributed by atoms with Gasteiger partial charge in [-0.3, -0.25) is 9.69 Å². The van der Waals surface area contributed by atoms with Crippen LogP contribution < -0.4 is 0 Å². The Kier molecular flexibility index (Phi) is 5.57. The fourth-order valence-corrected chi connectivity index (χ4v) is 2.54. The van der Waals surface area contributed by atoms with Gasteiger partial charge >= 0.3 is 0 Å². The van der Waals surface area contributed by atoms with Crippen molar-refractivity contribution in [3.05, 3.63) is 36.1 Å². The fourth-order valence-electron chi connectivity index (χ4n) is 2.54. The Morgan fingerprint density at radius 2 is 2.05 bits per heavy atom. The topological polar surface area (TPSA) is 33.5 Å². The number of carbonyl (C=O) groups is 1. The van der Waals surface area contributed by atoms with E-state index in [9.17, 15) is 4.79 Å². The van der Waals surface area contributed by atoms with Crippen molar-refractivity contribution in [1.82, 2.24) is 4.90 Å². The largest absolute Gasteiger partial charge is 0.464 e. The van der Waals surface area contributed by atoms with Crippen molar-refractivity contribution in [2.45, 2.75) is 46.1 Å². The second kappa shape index (κ2) is 7.41. The maximum absolute atomic E-state index is 12.6. The summed E-state index contributed by atoms with van der Waals surface area (Å²) in [5.41, 5.74) is 1.49. The lowest BCUT2D eigenvalue weighted by Gasteiger charge is -2.27. The minimum absolute atomic E-state index is 0.149. The van der Waals surface area contributed by atoms with Crippen LogP contribution in [0.1, 0.15) is 50.4 Å². The van der Waals surface area contributed by atoms with E-state index in [0.717, 1.165) is 36.8 Å². The summed E-state index contributed by atoms with van der Waals surface area (Å²) >= 11 is 0. The Bertz CT molecular complexity index is 588. The molecule has 3 nitrogen and oxygen atoms in total. The third-order valence-corrected chi connectivity index (χ3v) is 4.14. The monoisotopic (exact) mass is 287 g/mol. The Morgan fingerprint density at radius 3 is 2.76 bits per heavy atom. The normalized spacial score (nSPS) is 13.0. The first-order chi connectivity index (χ1) is 10.2. The van der Waals surface area contributed by atoms with E-state index in [1.807, 2.05) is 24.3 Å². The molecule has 0 saturated heterocycles. The molecule has 1 unspecified atom stereocenters. The number of hydrogen-bond acceptors (Lipinski definition) is 3. The maximum Gasteiger partial charge on any atom is 0.180 e. The molecule has 0 aliphatic rings. The number of ketones is 1. The average Bonchev–Trinajstić information content (AvgIpc) is 2.94. The zero-order valence-corrected chi connectivity index (χ0v) is 13.3. The van der Waals surface area contributed by atoms with Crippen LogP contribution in [0.25, 0.3) is 11.0 Å². The molecule has 3 heteroatoms. The molecule has 0 N–H and O–H groups in total. The predicted molar refractivity (Wildman–Crippen MR) is 86.8 cm³/mol. The molecule has 0 radical (unpaired) electrons. The predicted octanol–water partition coefficient (Wildman–Crippen LogP) is 4.52. The van der Waals surface area contributed by atoms with Crippen LogP contribution >= 0.6 is 0 Å². The van der Waals surface area contributed by atoms with Crippen LogP contribution in [0.3, 0.4) is 0 Å². The average molecular weight is 287 g/mol. The maximum atomic E-state index is 12.6. The van der Waals surface area contributed by atoms with Crippen molar-refractivity contribution in [2.24, 2.45) is 0 Å². The number of furan rings is 1. The molecule has 21 heavy (non-hydrogen) atoms. The van der Waals surface area contributed by atoms with Gasteiger partial charge in [0.25, 0.3) is 0 Å². The van der Waals surface area contributed by atoms with Crippen LogP contribution in [0.15, 0.2) is 34.9 Å². The van der Waals surface area contributed by atoms with Crippen molar-refractivity contribution in [3.63, 3.8) is 0 Å². The molecule has 1 atom stereocenters. The van der Waals surface area contributed by atoms with Gasteiger partial charge in [0.2, 0.25) is 0 Å². The number of rotatable bonds is 8. The number of hydrogen-bond donors (Lipinski definition) is 0. The highest BCUT2D eigenvalue weighted by molar-refractivity contribution is 6.08. The van der Waals surface area contributed by atoms with Crippen LogP contribution in [-0.2, 0) is 0 Å². The molecule has 114 valence electrons. The van der Waals surface area contributed by atoms with Crippen LogP contribution in [0, 0.1) is 0 Å². The Balaban J connectivity index is 2.14. The van der Waals surface area contributed by atoms with Gasteiger partial charge < -0.3 is 4.42 Å². The zero-order chi connectivity index (χ0) is 15.2. The molecule has 2 aromatic rings.